The fraction of sp³-hybridized carbons (Fsp3) is 0.462. The zero-order valence-corrected chi connectivity index (χ0v) is 11.9. The minimum Gasteiger partial charge on any atom is -0.351 e. The lowest BCUT2D eigenvalue weighted by atomic mass is 10.2. The molecule has 0 aliphatic carbocycles. The standard InChI is InChI=1S/C13H17F2NO2S/c1-13(2,3)19(18)5-4-16-12(17)9-6-10(14)8-11(15)7-9/h6-8H,4-5H2,1-3H3,(H,16,17)/t19-/m1/s1. The molecule has 0 aromatic heterocycles. The molecule has 1 amide bonds. The lowest BCUT2D eigenvalue weighted by Crippen LogP contribution is -2.32. The Labute approximate surface area is 113 Å². The number of carbonyl (C=O) groups is 1. The Kier molecular flexibility index (Phi) is 5.17. The van der Waals surface area contributed by atoms with Crippen molar-refractivity contribution in [3.05, 3.63) is 35.4 Å². The van der Waals surface area contributed by atoms with Gasteiger partial charge in [0.2, 0.25) is 0 Å². The molecule has 1 aromatic carbocycles. The van der Waals surface area contributed by atoms with E-state index in [0.29, 0.717) is 11.8 Å². The third kappa shape index (κ3) is 5.06. The molecule has 1 atom stereocenters. The number of halogens is 2. The minimum absolute atomic E-state index is 0.0842. The lowest BCUT2D eigenvalue weighted by molar-refractivity contribution is 0.0955. The van der Waals surface area contributed by atoms with E-state index >= 15 is 0 Å². The van der Waals surface area contributed by atoms with Gasteiger partial charge < -0.3 is 5.32 Å². The van der Waals surface area contributed by atoms with Crippen molar-refractivity contribution < 1.29 is 17.8 Å². The Morgan fingerprint density at radius 2 is 1.74 bits per heavy atom. The Hall–Kier alpha value is -1.30. The van der Waals surface area contributed by atoms with Crippen molar-refractivity contribution in [2.75, 3.05) is 12.3 Å². The Morgan fingerprint density at radius 3 is 2.21 bits per heavy atom. The summed E-state index contributed by atoms with van der Waals surface area (Å²) in [6.07, 6.45) is 0. The summed E-state index contributed by atoms with van der Waals surface area (Å²) in [6, 6.07) is 2.61. The predicted molar refractivity (Wildman–Crippen MR) is 71.5 cm³/mol. The second kappa shape index (κ2) is 6.23. The molecular formula is C13H17F2NO2S. The summed E-state index contributed by atoms with van der Waals surface area (Å²) in [5, 5.41) is 2.49. The molecule has 0 spiro atoms. The van der Waals surface area contributed by atoms with E-state index in [0.717, 1.165) is 12.1 Å². The normalized spacial score (nSPS) is 13.1. The highest BCUT2D eigenvalue weighted by Crippen LogP contribution is 2.11. The van der Waals surface area contributed by atoms with Gasteiger partial charge in [-0.1, -0.05) is 0 Å². The van der Waals surface area contributed by atoms with Crippen LogP contribution in [0.3, 0.4) is 0 Å². The zero-order valence-electron chi connectivity index (χ0n) is 11.1. The molecule has 6 heteroatoms. The Morgan fingerprint density at radius 1 is 1.21 bits per heavy atom. The molecule has 0 aliphatic heterocycles. The van der Waals surface area contributed by atoms with Crippen molar-refractivity contribution in [1.82, 2.24) is 5.32 Å². The van der Waals surface area contributed by atoms with E-state index in [1.54, 1.807) is 0 Å². The van der Waals surface area contributed by atoms with Crippen LogP contribution in [0.2, 0.25) is 0 Å². The van der Waals surface area contributed by atoms with Gasteiger partial charge in [-0.3, -0.25) is 9.00 Å². The molecule has 1 rings (SSSR count). The van der Waals surface area contributed by atoms with Crippen LogP contribution < -0.4 is 5.32 Å². The first-order valence-corrected chi connectivity index (χ1v) is 7.15. The number of carbonyl (C=O) groups excluding carboxylic acids is 1. The van der Waals surface area contributed by atoms with Gasteiger partial charge in [0.25, 0.3) is 5.91 Å². The summed E-state index contributed by atoms with van der Waals surface area (Å²) in [4.78, 5) is 11.6. The number of benzene rings is 1. The molecule has 0 bridgehead atoms. The maximum Gasteiger partial charge on any atom is 0.251 e. The number of rotatable bonds is 4. The van der Waals surface area contributed by atoms with E-state index in [1.807, 2.05) is 20.8 Å². The van der Waals surface area contributed by atoms with Gasteiger partial charge >= 0.3 is 0 Å². The first-order chi connectivity index (χ1) is 8.70. The fourth-order valence-electron chi connectivity index (χ4n) is 1.35. The molecule has 0 fully saturated rings. The van der Waals surface area contributed by atoms with Gasteiger partial charge in [-0.25, -0.2) is 8.78 Å². The van der Waals surface area contributed by atoms with Crippen LogP contribution in [-0.2, 0) is 10.8 Å². The summed E-state index contributed by atoms with van der Waals surface area (Å²) in [6.45, 7) is 5.72. The second-order valence-corrected chi connectivity index (χ2v) is 7.40. The average molecular weight is 289 g/mol. The molecule has 1 N–H and O–H groups in total. The Bertz CT molecular complexity index is 478. The molecule has 106 valence electrons. The monoisotopic (exact) mass is 289 g/mol. The Balaban J connectivity index is 2.55. The van der Waals surface area contributed by atoms with E-state index in [-0.39, 0.29) is 16.9 Å². The zero-order chi connectivity index (χ0) is 14.6. The number of nitrogens with one attached hydrogen (secondary N) is 1. The van der Waals surface area contributed by atoms with Crippen LogP contribution in [0.15, 0.2) is 18.2 Å². The van der Waals surface area contributed by atoms with Gasteiger partial charge in [-0.15, -0.1) is 0 Å². The summed E-state index contributed by atoms with van der Waals surface area (Å²) < 4.78 is 37.2. The molecule has 0 saturated heterocycles. The van der Waals surface area contributed by atoms with Crippen molar-refractivity contribution in [1.29, 1.82) is 0 Å². The predicted octanol–water partition coefficient (Wildman–Crippen LogP) is 2.24. The number of hydrogen-bond donors (Lipinski definition) is 1. The van der Waals surface area contributed by atoms with Crippen LogP contribution in [-0.4, -0.2) is 27.2 Å². The van der Waals surface area contributed by atoms with Gasteiger partial charge in [0, 0.05) is 39.5 Å². The van der Waals surface area contributed by atoms with Crippen molar-refractivity contribution >= 4 is 16.7 Å². The highest BCUT2D eigenvalue weighted by Gasteiger charge is 2.19. The maximum absolute atomic E-state index is 12.9. The van der Waals surface area contributed by atoms with Gasteiger partial charge in [-0.05, 0) is 32.9 Å². The van der Waals surface area contributed by atoms with Gasteiger partial charge in [0.15, 0.2) is 0 Å². The highest BCUT2D eigenvalue weighted by molar-refractivity contribution is 7.86. The molecular weight excluding hydrogens is 272 g/mol. The first kappa shape index (κ1) is 15.8. The van der Waals surface area contributed by atoms with Crippen LogP contribution in [0.5, 0.6) is 0 Å². The quantitative estimate of drug-likeness (QED) is 0.924. The smallest absolute Gasteiger partial charge is 0.251 e. The molecule has 0 saturated carbocycles. The number of amides is 1. The van der Waals surface area contributed by atoms with Crippen LogP contribution in [0, 0.1) is 11.6 Å². The van der Waals surface area contributed by atoms with Crippen molar-refractivity contribution in [2.24, 2.45) is 0 Å². The summed E-state index contributed by atoms with van der Waals surface area (Å²) in [5.41, 5.74) is -0.0842. The van der Waals surface area contributed by atoms with Crippen LogP contribution in [0.4, 0.5) is 8.78 Å². The molecule has 3 nitrogen and oxygen atoms in total. The molecule has 0 radical (unpaired) electrons. The second-order valence-electron chi connectivity index (χ2n) is 5.08. The van der Waals surface area contributed by atoms with E-state index in [2.05, 4.69) is 5.32 Å². The molecule has 0 unspecified atom stereocenters. The highest BCUT2D eigenvalue weighted by atomic mass is 32.2. The third-order valence-electron chi connectivity index (χ3n) is 2.38. The van der Waals surface area contributed by atoms with Crippen LogP contribution >= 0.6 is 0 Å². The molecule has 1 aromatic rings. The van der Waals surface area contributed by atoms with E-state index in [4.69, 9.17) is 0 Å². The van der Waals surface area contributed by atoms with Crippen LogP contribution in [0.25, 0.3) is 0 Å². The van der Waals surface area contributed by atoms with Crippen molar-refractivity contribution in [3.63, 3.8) is 0 Å². The fourth-order valence-corrected chi connectivity index (χ4v) is 2.25. The third-order valence-corrected chi connectivity index (χ3v) is 4.32. The average Bonchev–Trinajstić information content (AvgIpc) is 2.26. The SMILES string of the molecule is CC(C)(C)[S@](=O)CCNC(=O)c1cc(F)cc(F)c1. The topological polar surface area (TPSA) is 46.2 Å². The summed E-state index contributed by atoms with van der Waals surface area (Å²) >= 11 is 0. The van der Waals surface area contributed by atoms with Crippen LogP contribution in [0.1, 0.15) is 31.1 Å². The van der Waals surface area contributed by atoms with Crippen molar-refractivity contribution in [3.8, 4) is 0 Å². The lowest BCUT2D eigenvalue weighted by Gasteiger charge is -2.17. The maximum atomic E-state index is 12.9. The van der Waals surface area contributed by atoms with Crippen molar-refractivity contribution in [2.45, 2.75) is 25.5 Å². The first-order valence-electron chi connectivity index (χ1n) is 5.83. The minimum atomic E-state index is -1.08. The van der Waals surface area contributed by atoms with E-state index in [9.17, 15) is 17.8 Å². The van der Waals surface area contributed by atoms with Gasteiger partial charge in [0.05, 0.1) is 0 Å². The molecule has 0 heterocycles. The molecule has 0 aliphatic rings. The molecule has 19 heavy (non-hydrogen) atoms. The van der Waals surface area contributed by atoms with E-state index in [1.165, 1.54) is 0 Å². The largest absolute Gasteiger partial charge is 0.351 e. The number of hydrogen-bond acceptors (Lipinski definition) is 2. The summed E-state index contributed by atoms with van der Waals surface area (Å²) in [7, 11) is -1.08. The summed E-state index contributed by atoms with van der Waals surface area (Å²) in [5.74, 6) is -1.89. The van der Waals surface area contributed by atoms with Gasteiger partial charge in [0.1, 0.15) is 11.6 Å². The van der Waals surface area contributed by atoms with Gasteiger partial charge in [-0.2, -0.15) is 0 Å². The van der Waals surface area contributed by atoms with E-state index < -0.39 is 28.3 Å².